The Bertz CT molecular complexity index is 854. The average molecular weight is 346 g/mol. The summed E-state index contributed by atoms with van der Waals surface area (Å²) in [7, 11) is 0. The molecule has 0 saturated heterocycles. The lowest BCUT2D eigenvalue weighted by Gasteiger charge is -2.14. The number of hydrogen-bond donors (Lipinski definition) is 2. The van der Waals surface area contributed by atoms with Gasteiger partial charge in [-0.2, -0.15) is 0 Å². The molecule has 5 heteroatoms. The second-order valence-corrected chi connectivity index (χ2v) is 5.89. The fourth-order valence-corrected chi connectivity index (χ4v) is 2.76. The quantitative estimate of drug-likeness (QED) is 0.685. The second-order valence-electron chi connectivity index (χ2n) is 5.89. The zero-order valence-electron chi connectivity index (χ0n) is 15.0. The molecule has 0 aliphatic carbocycles. The highest BCUT2D eigenvalue weighted by Crippen LogP contribution is 2.23. The Hall–Kier alpha value is -3.21. The van der Waals surface area contributed by atoms with Crippen molar-refractivity contribution in [1.82, 2.24) is 9.97 Å². The van der Waals surface area contributed by atoms with E-state index in [1.54, 1.807) is 6.20 Å². The Morgan fingerprint density at radius 3 is 2.15 bits per heavy atom. The summed E-state index contributed by atoms with van der Waals surface area (Å²) in [6.07, 6.45) is 4.76. The standard InChI is InChI=1S/C21H22N4O/c1-3-15-9-8-10-16(4-2)20(15)25-21(26)18-13-23-19(14-22-18)24-17-11-6-5-7-12-17/h5-14H,3-4H2,1-2H3,(H,23,24)(H,25,26). The first-order valence-electron chi connectivity index (χ1n) is 8.77. The van der Waals surface area contributed by atoms with Crippen molar-refractivity contribution in [2.75, 3.05) is 10.6 Å². The maximum absolute atomic E-state index is 12.6. The molecule has 2 N–H and O–H groups in total. The van der Waals surface area contributed by atoms with Crippen LogP contribution in [0.2, 0.25) is 0 Å². The van der Waals surface area contributed by atoms with Crippen molar-refractivity contribution in [3.8, 4) is 0 Å². The Balaban J connectivity index is 1.75. The summed E-state index contributed by atoms with van der Waals surface area (Å²) in [5.41, 5.74) is 4.33. The highest BCUT2D eigenvalue weighted by atomic mass is 16.1. The van der Waals surface area contributed by atoms with E-state index in [1.807, 2.05) is 48.5 Å². The molecule has 0 atom stereocenters. The summed E-state index contributed by atoms with van der Waals surface area (Å²) in [4.78, 5) is 21.1. The predicted octanol–water partition coefficient (Wildman–Crippen LogP) is 4.60. The normalized spacial score (nSPS) is 10.4. The number of carbonyl (C=O) groups excluding carboxylic acids is 1. The number of anilines is 3. The number of nitrogens with one attached hydrogen (secondary N) is 2. The lowest BCUT2D eigenvalue weighted by Crippen LogP contribution is -2.16. The molecule has 0 spiro atoms. The SMILES string of the molecule is CCc1cccc(CC)c1NC(=O)c1cnc(Nc2ccccc2)cn1. The zero-order valence-corrected chi connectivity index (χ0v) is 15.0. The minimum Gasteiger partial charge on any atom is -0.339 e. The monoisotopic (exact) mass is 346 g/mol. The predicted molar refractivity (Wildman–Crippen MR) is 105 cm³/mol. The largest absolute Gasteiger partial charge is 0.339 e. The van der Waals surface area contributed by atoms with Crippen molar-refractivity contribution in [3.05, 3.63) is 77.7 Å². The van der Waals surface area contributed by atoms with Crippen LogP contribution in [0.25, 0.3) is 0 Å². The third-order valence-corrected chi connectivity index (χ3v) is 4.17. The molecule has 0 saturated carbocycles. The van der Waals surface area contributed by atoms with E-state index < -0.39 is 0 Å². The van der Waals surface area contributed by atoms with Crippen molar-refractivity contribution >= 4 is 23.1 Å². The number of nitrogens with zero attached hydrogens (tertiary/aromatic N) is 2. The van der Waals surface area contributed by atoms with Gasteiger partial charge in [-0.05, 0) is 36.1 Å². The van der Waals surface area contributed by atoms with E-state index in [0.717, 1.165) is 35.3 Å². The highest BCUT2D eigenvalue weighted by Gasteiger charge is 2.13. The summed E-state index contributed by atoms with van der Waals surface area (Å²) in [5.74, 6) is 0.343. The molecule has 26 heavy (non-hydrogen) atoms. The van der Waals surface area contributed by atoms with Gasteiger partial charge in [0.25, 0.3) is 5.91 Å². The lowest BCUT2D eigenvalue weighted by molar-refractivity contribution is 0.102. The van der Waals surface area contributed by atoms with E-state index in [-0.39, 0.29) is 11.6 Å². The van der Waals surface area contributed by atoms with E-state index in [4.69, 9.17) is 0 Å². The topological polar surface area (TPSA) is 66.9 Å². The Labute approximate surface area is 153 Å². The molecule has 0 radical (unpaired) electrons. The molecule has 3 rings (SSSR count). The van der Waals surface area contributed by atoms with Gasteiger partial charge in [0.1, 0.15) is 11.5 Å². The van der Waals surface area contributed by atoms with Crippen LogP contribution in [-0.4, -0.2) is 15.9 Å². The minimum atomic E-state index is -0.251. The van der Waals surface area contributed by atoms with Crippen LogP contribution < -0.4 is 10.6 Å². The smallest absolute Gasteiger partial charge is 0.275 e. The van der Waals surface area contributed by atoms with Crippen molar-refractivity contribution in [2.45, 2.75) is 26.7 Å². The highest BCUT2D eigenvalue weighted by molar-refractivity contribution is 6.03. The molecule has 0 unspecified atom stereocenters. The summed E-state index contributed by atoms with van der Waals surface area (Å²) in [6.45, 7) is 4.16. The van der Waals surface area contributed by atoms with Gasteiger partial charge in [0.2, 0.25) is 0 Å². The van der Waals surface area contributed by atoms with E-state index in [1.165, 1.54) is 6.20 Å². The van der Waals surface area contributed by atoms with E-state index in [9.17, 15) is 4.79 Å². The van der Waals surface area contributed by atoms with Gasteiger partial charge in [-0.3, -0.25) is 4.79 Å². The Kier molecular flexibility index (Phi) is 5.59. The third-order valence-electron chi connectivity index (χ3n) is 4.17. The molecule has 1 aromatic heterocycles. The number of aromatic nitrogens is 2. The number of rotatable bonds is 6. The van der Waals surface area contributed by atoms with Crippen LogP contribution in [0.4, 0.5) is 17.2 Å². The van der Waals surface area contributed by atoms with Gasteiger partial charge >= 0.3 is 0 Å². The Morgan fingerprint density at radius 2 is 1.58 bits per heavy atom. The number of aryl methyl sites for hydroxylation is 2. The first kappa shape index (κ1) is 17.6. The molecule has 2 aromatic carbocycles. The number of carbonyl (C=O) groups is 1. The lowest BCUT2D eigenvalue weighted by atomic mass is 10.0. The molecule has 0 aliphatic rings. The van der Waals surface area contributed by atoms with E-state index >= 15 is 0 Å². The molecule has 3 aromatic rings. The van der Waals surface area contributed by atoms with Crippen LogP contribution in [-0.2, 0) is 12.8 Å². The zero-order chi connectivity index (χ0) is 18.4. The molecule has 1 heterocycles. The molecule has 0 bridgehead atoms. The van der Waals surface area contributed by atoms with Gasteiger partial charge in [0.05, 0.1) is 12.4 Å². The molecule has 5 nitrogen and oxygen atoms in total. The number of hydrogen-bond acceptors (Lipinski definition) is 4. The molecule has 0 aliphatic heterocycles. The third kappa shape index (κ3) is 4.06. The van der Waals surface area contributed by atoms with Gasteiger partial charge in [0, 0.05) is 11.4 Å². The maximum atomic E-state index is 12.6. The number of amides is 1. The van der Waals surface area contributed by atoms with E-state index in [0.29, 0.717) is 5.82 Å². The molecule has 132 valence electrons. The second kappa shape index (κ2) is 8.25. The van der Waals surface area contributed by atoms with Crippen molar-refractivity contribution in [2.24, 2.45) is 0 Å². The summed E-state index contributed by atoms with van der Waals surface area (Å²) in [6, 6.07) is 15.8. The molecule has 1 amide bonds. The van der Waals surface area contributed by atoms with Crippen LogP contribution in [0.3, 0.4) is 0 Å². The Morgan fingerprint density at radius 1 is 0.885 bits per heavy atom. The summed E-state index contributed by atoms with van der Waals surface area (Å²) < 4.78 is 0. The van der Waals surface area contributed by atoms with Crippen molar-refractivity contribution in [3.63, 3.8) is 0 Å². The first-order chi connectivity index (χ1) is 12.7. The molecular weight excluding hydrogens is 324 g/mol. The number of benzene rings is 2. The van der Waals surface area contributed by atoms with Gasteiger partial charge in [-0.1, -0.05) is 50.2 Å². The molecule has 0 fully saturated rings. The first-order valence-corrected chi connectivity index (χ1v) is 8.77. The van der Waals surface area contributed by atoms with Gasteiger partial charge < -0.3 is 10.6 Å². The maximum Gasteiger partial charge on any atom is 0.275 e. The van der Waals surface area contributed by atoms with Crippen LogP contribution in [0, 0.1) is 0 Å². The van der Waals surface area contributed by atoms with Crippen molar-refractivity contribution < 1.29 is 4.79 Å². The minimum absolute atomic E-state index is 0.251. The fourth-order valence-electron chi connectivity index (χ4n) is 2.76. The molecular formula is C21H22N4O. The average Bonchev–Trinajstić information content (AvgIpc) is 2.69. The number of para-hydroxylation sites is 2. The summed E-state index contributed by atoms with van der Waals surface area (Å²) >= 11 is 0. The van der Waals surface area contributed by atoms with Crippen LogP contribution in [0.15, 0.2) is 60.9 Å². The van der Waals surface area contributed by atoms with Crippen LogP contribution in [0.1, 0.15) is 35.5 Å². The summed E-state index contributed by atoms with van der Waals surface area (Å²) in [5, 5.41) is 6.16. The van der Waals surface area contributed by atoms with E-state index in [2.05, 4.69) is 34.4 Å². The van der Waals surface area contributed by atoms with Crippen LogP contribution >= 0.6 is 0 Å². The van der Waals surface area contributed by atoms with Crippen molar-refractivity contribution in [1.29, 1.82) is 0 Å². The van der Waals surface area contributed by atoms with Gasteiger partial charge in [-0.15, -0.1) is 0 Å². The van der Waals surface area contributed by atoms with Gasteiger partial charge in [0.15, 0.2) is 0 Å². The van der Waals surface area contributed by atoms with Crippen LogP contribution in [0.5, 0.6) is 0 Å². The van der Waals surface area contributed by atoms with Gasteiger partial charge in [-0.25, -0.2) is 9.97 Å². The fraction of sp³-hybridized carbons (Fsp3) is 0.190.